The maximum atomic E-state index is 12.8. The molecule has 0 bridgehead atoms. The maximum absolute atomic E-state index is 12.8. The van der Waals surface area contributed by atoms with Crippen LogP contribution in [-0.2, 0) is 0 Å². The van der Waals surface area contributed by atoms with Crippen molar-refractivity contribution in [3.05, 3.63) is 34.1 Å². The Morgan fingerprint density at radius 1 is 1.40 bits per heavy atom. The predicted molar refractivity (Wildman–Crippen MR) is 61.3 cm³/mol. The fourth-order valence-electron chi connectivity index (χ4n) is 1.08. The molecule has 0 aromatic heterocycles. The summed E-state index contributed by atoms with van der Waals surface area (Å²) in [6, 6.07) is 4.00. The minimum Gasteiger partial charge on any atom is -0.347 e. The number of carbonyl (C=O) groups is 1. The van der Waals surface area contributed by atoms with Crippen molar-refractivity contribution in [2.24, 2.45) is 0 Å². The summed E-state index contributed by atoms with van der Waals surface area (Å²) in [5.74, 6) is -0.580. The van der Waals surface area contributed by atoms with Gasteiger partial charge in [-0.25, -0.2) is 4.39 Å². The van der Waals surface area contributed by atoms with Crippen LogP contribution in [0.4, 0.5) is 4.39 Å². The molecule has 0 aliphatic heterocycles. The van der Waals surface area contributed by atoms with E-state index in [1.165, 1.54) is 18.2 Å². The number of amides is 1. The van der Waals surface area contributed by atoms with Crippen molar-refractivity contribution in [3.63, 3.8) is 0 Å². The Hall–Kier alpha value is -0.900. The molecule has 1 amide bonds. The van der Waals surface area contributed by atoms with Crippen LogP contribution in [-0.4, -0.2) is 11.4 Å². The molecule has 0 aliphatic rings. The zero-order valence-electron chi connectivity index (χ0n) is 8.90. The quantitative estimate of drug-likeness (QED) is 0.837. The molecule has 0 unspecified atom stereocenters. The van der Waals surface area contributed by atoms with Crippen molar-refractivity contribution in [2.75, 3.05) is 0 Å². The van der Waals surface area contributed by atoms with Gasteiger partial charge < -0.3 is 5.32 Å². The van der Waals surface area contributed by atoms with Crippen molar-refractivity contribution >= 4 is 21.8 Å². The first kappa shape index (κ1) is 12.2. The second kappa shape index (κ2) is 4.31. The highest BCUT2D eigenvalue weighted by Crippen LogP contribution is 2.18. The molecule has 1 rings (SSSR count). The van der Waals surface area contributed by atoms with Crippen molar-refractivity contribution in [1.29, 1.82) is 0 Å². The van der Waals surface area contributed by atoms with Gasteiger partial charge in [-0.3, -0.25) is 4.79 Å². The highest BCUT2D eigenvalue weighted by Gasteiger charge is 2.17. The third-order valence-electron chi connectivity index (χ3n) is 1.66. The SMILES string of the molecule is CC(C)(C)NC(=O)c1ccc(F)cc1Br. The molecule has 82 valence electrons. The average molecular weight is 274 g/mol. The van der Waals surface area contributed by atoms with Gasteiger partial charge in [-0.05, 0) is 54.9 Å². The van der Waals surface area contributed by atoms with Gasteiger partial charge in [-0.15, -0.1) is 0 Å². The molecule has 0 radical (unpaired) electrons. The van der Waals surface area contributed by atoms with Crippen LogP contribution in [0.2, 0.25) is 0 Å². The van der Waals surface area contributed by atoms with Gasteiger partial charge in [0.1, 0.15) is 5.82 Å². The second-order valence-electron chi connectivity index (χ2n) is 4.33. The molecule has 4 heteroatoms. The molecular weight excluding hydrogens is 261 g/mol. The number of nitrogens with one attached hydrogen (secondary N) is 1. The van der Waals surface area contributed by atoms with Crippen LogP contribution in [0.1, 0.15) is 31.1 Å². The first-order valence-electron chi connectivity index (χ1n) is 4.57. The van der Waals surface area contributed by atoms with E-state index in [1.807, 2.05) is 20.8 Å². The Balaban J connectivity index is 2.92. The van der Waals surface area contributed by atoms with Gasteiger partial charge in [0, 0.05) is 10.0 Å². The summed E-state index contributed by atoms with van der Waals surface area (Å²) in [7, 11) is 0. The predicted octanol–water partition coefficient (Wildman–Crippen LogP) is 3.12. The Labute approximate surface area is 97.0 Å². The van der Waals surface area contributed by atoms with Crippen LogP contribution in [0.3, 0.4) is 0 Å². The largest absolute Gasteiger partial charge is 0.347 e. The lowest BCUT2D eigenvalue weighted by Gasteiger charge is -2.20. The lowest BCUT2D eigenvalue weighted by molar-refractivity contribution is 0.0918. The molecule has 15 heavy (non-hydrogen) atoms. The van der Waals surface area contributed by atoms with Crippen LogP contribution >= 0.6 is 15.9 Å². The monoisotopic (exact) mass is 273 g/mol. The molecule has 1 aromatic carbocycles. The van der Waals surface area contributed by atoms with Crippen molar-refractivity contribution in [3.8, 4) is 0 Å². The van der Waals surface area contributed by atoms with Gasteiger partial charge in [-0.2, -0.15) is 0 Å². The van der Waals surface area contributed by atoms with E-state index < -0.39 is 0 Å². The first-order chi connectivity index (χ1) is 6.79. The summed E-state index contributed by atoms with van der Waals surface area (Å²) in [5, 5.41) is 2.80. The molecule has 0 saturated carbocycles. The van der Waals surface area contributed by atoms with Gasteiger partial charge in [0.2, 0.25) is 0 Å². The third kappa shape index (κ3) is 3.63. The van der Waals surface area contributed by atoms with E-state index in [4.69, 9.17) is 0 Å². The van der Waals surface area contributed by atoms with Crippen molar-refractivity contribution in [1.82, 2.24) is 5.32 Å². The maximum Gasteiger partial charge on any atom is 0.252 e. The average Bonchev–Trinajstić information content (AvgIpc) is 1.99. The lowest BCUT2D eigenvalue weighted by Crippen LogP contribution is -2.40. The number of hydrogen-bond donors (Lipinski definition) is 1. The topological polar surface area (TPSA) is 29.1 Å². The van der Waals surface area contributed by atoms with E-state index in [0.29, 0.717) is 10.0 Å². The molecule has 2 nitrogen and oxygen atoms in total. The summed E-state index contributed by atoms with van der Waals surface area (Å²) >= 11 is 3.15. The van der Waals surface area contributed by atoms with E-state index in [0.717, 1.165) is 0 Å². The fourth-order valence-corrected chi connectivity index (χ4v) is 1.61. The molecule has 1 aromatic rings. The smallest absolute Gasteiger partial charge is 0.252 e. The van der Waals surface area contributed by atoms with Crippen LogP contribution < -0.4 is 5.32 Å². The van der Waals surface area contributed by atoms with Gasteiger partial charge in [0.05, 0.1) is 5.56 Å². The molecular formula is C11H13BrFNO. The van der Waals surface area contributed by atoms with E-state index in [1.54, 1.807) is 0 Å². The summed E-state index contributed by atoms with van der Waals surface area (Å²) in [5.41, 5.74) is 0.136. The van der Waals surface area contributed by atoms with E-state index in [-0.39, 0.29) is 17.3 Å². The normalized spacial score (nSPS) is 11.3. The molecule has 0 saturated heterocycles. The number of halogens is 2. The van der Waals surface area contributed by atoms with Crippen LogP contribution in [0.15, 0.2) is 22.7 Å². The molecule has 0 heterocycles. The number of rotatable bonds is 1. The number of hydrogen-bond acceptors (Lipinski definition) is 1. The fraction of sp³-hybridized carbons (Fsp3) is 0.364. The molecule has 0 atom stereocenters. The Kier molecular flexibility index (Phi) is 3.50. The molecule has 0 aliphatic carbocycles. The second-order valence-corrected chi connectivity index (χ2v) is 5.18. The number of carbonyl (C=O) groups excluding carboxylic acids is 1. The van der Waals surface area contributed by atoms with Crippen LogP contribution in [0.5, 0.6) is 0 Å². The van der Waals surface area contributed by atoms with Gasteiger partial charge >= 0.3 is 0 Å². The Morgan fingerprint density at radius 3 is 2.47 bits per heavy atom. The molecule has 0 spiro atoms. The van der Waals surface area contributed by atoms with Crippen LogP contribution in [0.25, 0.3) is 0 Å². The van der Waals surface area contributed by atoms with E-state index >= 15 is 0 Å². The summed E-state index contributed by atoms with van der Waals surface area (Å²) in [6.07, 6.45) is 0. The van der Waals surface area contributed by atoms with Crippen molar-refractivity contribution in [2.45, 2.75) is 26.3 Å². The summed E-state index contributed by atoms with van der Waals surface area (Å²) in [4.78, 5) is 11.7. The first-order valence-corrected chi connectivity index (χ1v) is 5.36. The van der Waals surface area contributed by atoms with Crippen molar-refractivity contribution < 1.29 is 9.18 Å². The van der Waals surface area contributed by atoms with E-state index in [2.05, 4.69) is 21.2 Å². The molecule has 1 N–H and O–H groups in total. The third-order valence-corrected chi connectivity index (χ3v) is 2.32. The van der Waals surface area contributed by atoms with Crippen LogP contribution in [0, 0.1) is 5.82 Å². The lowest BCUT2D eigenvalue weighted by atomic mass is 10.1. The Morgan fingerprint density at radius 2 is 2.00 bits per heavy atom. The Bertz CT molecular complexity index is 385. The summed E-state index contributed by atoms with van der Waals surface area (Å²) in [6.45, 7) is 5.67. The minimum absolute atomic E-state index is 0.214. The highest BCUT2D eigenvalue weighted by atomic mass is 79.9. The van der Waals surface area contributed by atoms with Gasteiger partial charge in [0.15, 0.2) is 0 Å². The highest BCUT2D eigenvalue weighted by molar-refractivity contribution is 9.10. The molecule has 0 fully saturated rings. The zero-order chi connectivity index (χ0) is 11.6. The number of benzene rings is 1. The minimum atomic E-state index is -0.366. The standard InChI is InChI=1S/C11H13BrFNO/c1-11(2,3)14-10(15)8-5-4-7(13)6-9(8)12/h4-6H,1-3H3,(H,14,15). The van der Waals surface area contributed by atoms with E-state index in [9.17, 15) is 9.18 Å². The van der Waals surface area contributed by atoms with Gasteiger partial charge in [0.25, 0.3) is 5.91 Å². The summed E-state index contributed by atoms with van der Waals surface area (Å²) < 4.78 is 13.2. The zero-order valence-corrected chi connectivity index (χ0v) is 10.5. The van der Waals surface area contributed by atoms with Gasteiger partial charge in [-0.1, -0.05) is 0 Å².